The van der Waals surface area contributed by atoms with Crippen LogP contribution in [0.4, 0.5) is 0 Å². The Kier molecular flexibility index (Phi) is 5.66. The van der Waals surface area contributed by atoms with E-state index in [1.807, 2.05) is 0 Å². The molecule has 2 rings (SSSR count). The van der Waals surface area contributed by atoms with Gasteiger partial charge in [0.15, 0.2) is 16.6 Å². The van der Waals surface area contributed by atoms with E-state index in [2.05, 4.69) is 88.6 Å². The van der Waals surface area contributed by atoms with Gasteiger partial charge in [0.25, 0.3) is 0 Å². The zero-order valence-electron chi connectivity index (χ0n) is 15.4. The van der Waals surface area contributed by atoms with Crippen LogP contribution in [0.25, 0.3) is 0 Å². The summed E-state index contributed by atoms with van der Waals surface area (Å²) < 4.78 is 6.79. The predicted octanol–water partition coefficient (Wildman–Crippen LogP) is 5.59. The van der Waals surface area contributed by atoms with Gasteiger partial charge in [-0.05, 0) is 63.3 Å². The first-order valence-electron chi connectivity index (χ1n) is 8.47. The maximum Gasteiger partial charge on any atom is 0.177 e. The Morgan fingerprint density at radius 2 is 1.09 bits per heavy atom. The van der Waals surface area contributed by atoms with E-state index in [9.17, 15) is 0 Å². The molecule has 0 saturated heterocycles. The van der Waals surface area contributed by atoms with Gasteiger partial charge in [0.05, 0.1) is 0 Å². The highest BCUT2D eigenvalue weighted by Crippen LogP contribution is 2.22. The van der Waals surface area contributed by atoms with Gasteiger partial charge in [0.1, 0.15) is 0 Å². The minimum atomic E-state index is -1.71. The van der Waals surface area contributed by atoms with E-state index < -0.39 is 16.6 Å². The highest BCUT2D eigenvalue weighted by molar-refractivity contribution is 6.84. The van der Waals surface area contributed by atoms with Crippen LogP contribution < -0.4 is 0 Å². The average Bonchev–Trinajstić information content (AvgIpc) is 2.35. The zero-order chi connectivity index (χ0) is 17.1. The molecule has 0 atom stereocenters. The predicted molar refractivity (Wildman–Crippen MR) is 106 cm³/mol. The zero-order valence-corrected chi connectivity index (χ0v) is 17.4. The van der Waals surface area contributed by atoms with Crippen molar-refractivity contribution in [1.29, 1.82) is 0 Å². The second kappa shape index (κ2) is 7.16. The Morgan fingerprint density at radius 3 is 1.43 bits per heavy atom. The highest BCUT2D eigenvalue weighted by Gasteiger charge is 2.33. The molecule has 124 valence electrons. The van der Waals surface area contributed by atoms with Gasteiger partial charge in [-0.2, -0.15) is 0 Å². The minimum Gasteiger partial charge on any atom is -0.455 e. The van der Waals surface area contributed by atoms with Gasteiger partial charge < -0.3 is 4.12 Å². The third-order valence-corrected chi connectivity index (χ3v) is 10.9. The van der Waals surface area contributed by atoms with Crippen LogP contribution >= 0.6 is 0 Å². The smallest absolute Gasteiger partial charge is 0.177 e. The van der Waals surface area contributed by atoms with E-state index >= 15 is 0 Å². The Hall–Kier alpha value is -1.17. The molecule has 1 nitrogen and oxygen atoms in total. The fourth-order valence-electron chi connectivity index (χ4n) is 3.45. The Balaban J connectivity index is 2.05. The van der Waals surface area contributed by atoms with E-state index in [1.165, 1.54) is 22.3 Å². The molecule has 0 amide bonds. The molecular formula is C20H30OSi2. The van der Waals surface area contributed by atoms with Crippen molar-refractivity contribution in [3.63, 3.8) is 0 Å². The topological polar surface area (TPSA) is 9.23 Å². The third-order valence-electron chi connectivity index (χ3n) is 3.98. The first kappa shape index (κ1) is 18.2. The molecule has 2 aromatic rings. The molecule has 0 aromatic heterocycles. The molecule has 3 heteroatoms. The molecule has 0 unspecified atom stereocenters. The van der Waals surface area contributed by atoms with Gasteiger partial charge in [-0.25, -0.2) is 0 Å². The van der Waals surface area contributed by atoms with Crippen molar-refractivity contribution in [3.8, 4) is 0 Å². The number of rotatable bonds is 6. The molecular weight excluding hydrogens is 312 g/mol. The molecule has 23 heavy (non-hydrogen) atoms. The van der Waals surface area contributed by atoms with Crippen molar-refractivity contribution in [1.82, 2.24) is 0 Å². The fourth-order valence-corrected chi connectivity index (χ4v) is 12.4. The van der Waals surface area contributed by atoms with Crippen molar-refractivity contribution in [3.05, 3.63) is 70.8 Å². The summed E-state index contributed by atoms with van der Waals surface area (Å²) in [7, 11) is -3.42. The lowest BCUT2D eigenvalue weighted by atomic mass is 10.2. The normalized spacial score (nSPS) is 12.4. The van der Waals surface area contributed by atoms with Crippen LogP contribution in [0.5, 0.6) is 0 Å². The Labute approximate surface area is 144 Å². The highest BCUT2D eigenvalue weighted by atomic mass is 28.4. The van der Waals surface area contributed by atoms with Crippen LogP contribution in [0.3, 0.4) is 0 Å². The lowest BCUT2D eigenvalue weighted by Gasteiger charge is -2.34. The molecule has 0 aliphatic heterocycles. The molecule has 0 heterocycles. The average molecular weight is 343 g/mol. The molecule has 0 bridgehead atoms. The van der Waals surface area contributed by atoms with E-state index in [1.54, 1.807) is 0 Å². The summed E-state index contributed by atoms with van der Waals surface area (Å²) in [5, 5.41) is 0. The van der Waals surface area contributed by atoms with Crippen molar-refractivity contribution >= 4 is 16.6 Å². The van der Waals surface area contributed by atoms with Crippen LogP contribution in [0.1, 0.15) is 22.3 Å². The summed E-state index contributed by atoms with van der Waals surface area (Å²) in [5.74, 6) is 0. The van der Waals surface area contributed by atoms with Crippen molar-refractivity contribution in [2.24, 2.45) is 0 Å². The molecule has 0 radical (unpaired) electrons. The Bertz CT molecular complexity index is 605. The van der Waals surface area contributed by atoms with Gasteiger partial charge in [-0.1, -0.05) is 59.7 Å². The van der Waals surface area contributed by atoms with Crippen LogP contribution in [0.2, 0.25) is 26.2 Å². The van der Waals surface area contributed by atoms with Crippen molar-refractivity contribution in [2.75, 3.05) is 0 Å². The first-order valence-corrected chi connectivity index (χ1v) is 14.7. The molecule has 0 saturated carbocycles. The van der Waals surface area contributed by atoms with E-state index in [-0.39, 0.29) is 0 Å². The van der Waals surface area contributed by atoms with E-state index in [4.69, 9.17) is 4.12 Å². The van der Waals surface area contributed by atoms with Gasteiger partial charge in [0.2, 0.25) is 0 Å². The summed E-state index contributed by atoms with van der Waals surface area (Å²) in [5.41, 5.74) is 5.51. The lowest BCUT2D eigenvalue weighted by molar-refractivity contribution is 0.537. The quantitative estimate of drug-likeness (QED) is 0.621. The molecule has 0 fully saturated rings. The van der Waals surface area contributed by atoms with Crippen LogP contribution in [0.15, 0.2) is 48.5 Å². The third kappa shape index (κ3) is 6.09. The van der Waals surface area contributed by atoms with Crippen LogP contribution in [0, 0.1) is 13.8 Å². The maximum absolute atomic E-state index is 6.79. The standard InChI is InChI=1S/C20H30OSi2/c1-17-9-7-11-19(13-17)15-22(3,4)21-23(5,6)16-20-12-8-10-18(2)14-20/h7-14H,15-16H2,1-6H3. The largest absolute Gasteiger partial charge is 0.455 e. The second-order valence-corrected chi connectivity index (χ2v) is 16.5. The summed E-state index contributed by atoms with van der Waals surface area (Å²) in [6.45, 7) is 13.8. The van der Waals surface area contributed by atoms with Crippen molar-refractivity contribution in [2.45, 2.75) is 52.1 Å². The first-order chi connectivity index (χ1) is 10.7. The lowest BCUT2D eigenvalue weighted by Crippen LogP contribution is -2.47. The molecule has 0 aliphatic carbocycles. The number of hydrogen-bond acceptors (Lipinski definition) is 1. The summed E-state index contributed by atoms with van der Waals surface area (Å²) >= 11 is 0. The van der Waals surface area contributed by atoms with E-state index in [0.29, 0.717) is 0 Å². The minimum absolute atomic E-state index is 1.10. The summed E-state index contributed by atoms with van der Waals surface area (Å²) in [6.07, 6.45) is 0. The van der Waals surface area contributed by atoms with Crippen LogP contribution in [-0.4, -0.2) is 16.6 Å². The maximum atomic E-state index is 6.79. The summed E-state index contributed by atoms with van der Waals surface area (Å²) in [6, 6.07) is 19.9. The number of benzene rings is 2. The van der Waals surface area contributed by atoms with Gasteiger partial charge in [-0.15, -0.1) is 0 Å². The van der Waals surface area contributed by atoms with E-state index in [0.717, 1.165) is 12.1 Å². The number of aryl methyl sites for hydroxylation is 2. The van der Waals surface area contributed by atoms with Gasteiger partial charge in [0, 0.05) is 0 Å². The molecule has 0 N–H and O–H groups in total. The monoisotopic (exact) mass is 342 g/mol. The molecule has 0 spiro atoms. The van der Waals surface area contributed by atoms with Gasteiger partial charge in [-0.3, -0.25) is 0 Å². The molecule has 2 aromatic carbocycles. The van der Waals surface area contributed by atoms with Crippen LogP contribution in [-0.2, 0) is 16.2 Å². The SMILES string of the molecule is Cc1cccc(C[Si](C)(C)O[Si](C)(C)Cc2cccc(C)c2)c1. The fraction of sp³-hybridized carbons (Fsp3) is 0.400. The summed E-state index contributed by atoms with van der Waals surface area (Å²) in [4.78, 5) is 0. The Morgan fingerprint density at radius 1 is 0.696 bits per heavy atom. The van der Waals surface area contributed by atoms with Crippen molar-refractivity contribution < 1.29 is 4.12 Å². The number of hydrogen-bond donors (Lipinski definition) is 0. The van der Waals surface area contributed by atoms with Gasteiger partial charge >= 0.3 is 0 Å². The second-order valence-electron chi connectivity index (χ2n) is 7.95. The molecule has 0 aliphatic rings.